The summed E-state index contributed by atoms with van der Waals surface area (Å²) >= 11 is 0. The largest absolute Gasteiger partial charge is 0.364 e. The topological polar surface area (TPSA) is 90.8 Å². The molecule has 0 atom stereocenters. The van der Waals surface area contributed by atoms with E-state index in [4.69, 9.17) is 5.73 Å². The molecule has 0 aliphatic carbocycles. The van der Waals surface area contributed by atoms with Crippen LogP contribution in [0, 0.1) is 12.9 Å². The Morgan fingerprint density at radius 2 is 2.20 bits per heavy atom. The molecular formula is C12H17FN6O. The molecule has 2 rings (SSSR count). The van der Waals surface area contributed by atoms with Gasteiger partial charge in [0.25, 0.3) is 5.91 Å². The molecule has 1 amide bonds. The normalized spacial score (nSPS) is 10.8. The Balaban J connectivity index is 2.15. The van der Waals surface area contributed by atoms with Crippen molar-refractivity contribution in [2.75, 3.05) is 5.32 Å². The van der Waals surface area contributed by atoms with E-state index >= 15 is 0 Å². The van der Waals surface area contributed by atoms with E-state index in [1.54, 1.807) is 14.0 Å². The lowest BCUT2D eigenvalue weighted by Crippen LogP contribution is -2.15. The average molecular weight is 280 g/mol. The van der Waals surface area contributed by atoms with Crippen molar-refractivity contribution >= 4 is 11.7 Å². The van der Waals surface area contributed by atoms with Gasteiger partial charge in [0.2, 0.25) is 5.95 Å². The number of amides is 1. The van der Waals surface area contributed by atoms with Crippen molar-refractivity contribution in [1.29, 1.82) is 0 Å². The summed E-state index contributed by atoms with van der Waals surface area (Å²) in [5, 5.41) is 11.1. The van der Waals surface area contributed by atoms with Gasteiger partial charge in [0.1, 0.15) is 11.5 Å². The Hall–Kier alpha value is -2.38. The SMILES string of the molecule is CCn1nc(C)c(CNc2cc(C(N)=O)n(C)n2)c1F. The van der Waals surface area contributed by atoms with Crippen LogP contribution in [-0.2, 0) is 20.1 Å². The Labute approximate surface area is 115 Å². The Morgan fingerprint density at radius 3 is 2.70 bits per heavy atom. The first-order valence-corrected chi connectivity index (χ1v) is 6.23. The number of halogens is 1. The Bertz CT molecular complexity index is 645. The molecule has 2 aromatic rings. The van der Waals surface area contributed by atoms with Gasteiger partial charge in [0, 0.05) is 31.8 Å². The van der Waals surface area contributed by atoms with E-state index in [9.17, 15) is 9.18 Å². The van der Waals surface area contributed by atoms with Crippen molar-refractivity contribution < 1.29 is 9.18 Å². The van der Waals surface area contributed by atoms with Gasteiger partial charge in [-0.15, -0.1) is 0 Å². The van der Waals surface area contributed by atoms with Gasteiger partial charge in [0.05, 0.1) is 5.69 Å². The fourth-order valence-electron chi connectivity index (χ4n) is 1.96. The molecule has 0 radical (unpaired) electrons. The minimum Gasteiger partial charge on any atom is -0.364 e. The number of carbonyl (C=O) groups is 1. The summed E-state index contributed by atoms with van der Waals surface area (Å²) in [7, 11) is 1.62. The minimum absolute atomic E-state index is 0.243. The van der Waals surface area contributed by atoms with Crippen LogP contribution in [0.15, 0.2) is 6.07 Å². The Kier molecular flexibility index (Phi) is 3.73. The summed E-state index contributed by atoms with van der Waals surface area (Å²) in [6.07, 6.45) is 0. The molecule has 2 heterocycles. The first-order chi connectivity index (χ1) is 9.43. The molecule has 108 valence electrons. The van der Waals surface area contributed by atoms with Gasteiger partial charge in [-0.05, 0) is 13.8 Å². The molecule has 7 nitrogen and oxygen atoms in total. The fourth-order valence-corrected chi connectivity index (χ4v) is 1.96. The molecule has 0 aliphatic rings. The van der Waals surface area contributed by atoms with E-state index in [-0.39, 0.29) is 18.2 Å². The number of aryl methyl sites for hydroxylation is 3. The zero-order valence-electron chi connectivity index (χ0n) is 11.6. The number of nitrogens with two attached hydrogens (primary N) is 1. The highest BCUT2D eigenvalue weighted by atomic mass is 19.1. The number of nitrogens with one attached hydrogen (secondary N) is 1. The lowest BCUT2D eigenvalue weighted by Gasteiger charge is -2.02. The molecule has 0 unspecified atom stereocenters. The second kappa shape index (κ2) is 5.32. The molecule has 0 aromatic carbocycles. The van der Waals surface area contributed by atoms with Gasteiger partial charge >= 0.3 is 0 Å². The molecule has 2 aromatic heterocycles. The van der Waals surface area contributed by atoms with E-state index in [1.165, 1.54) is 15.4 Å². The average Bonchev–Trinajstić information content (AvgIpc) is 2.88. The van der Waals surface area contributed by atoms with Crippen molar-refractivity contribution in [3.8, 4) is 0 Å². The molecule has 0 spiro atoms. The second-order valence-corrected chi connectivity index (χ2v) is 4.43. The standard InChI is InChI=1S/C12H17FN6O/c1-4-19-11(13)8(7(2)16-19)6-15-10-5-9(12(14)20)18(3)17-10/h5H,4,6H2,1-3H3,(H2,14,20)(H,15,17). The van der Waals surface area contributed by atoms with Crippen LogP contribution in [-0.4, -0.2) is 25.5 Å². The summed E-state index contributed by atoms with van der Waals surface area (Å²) in [6.45, 7) is 4.29. The monoisotopic (exact) mass is 280 g/mol. The zero-order chi connectivity index (χ0) is 14.9. The number of hydrogen-bond acceptors (Lipinski definition) is 4. The van der Waals surface area contributed by atoms with Gasteiger partial charge in [-0.1, -0.05) is 0 Å². The summed E-state index contributed by atoms with van der Waals surface area (Å²) in [5.74, 6) is -0.456. The van der Waals surface area contributed by atoms with Crippen LogP contribution >= 0.6 is 0 Å². The number of primary amides is 1. The molecule has 0 saturated carbocycles. The number of nitrogens with zero attached hydrogens (tertiary/aromatic N) is 4. The van der Waals surface area contributed by atoms with Crippen LogP contribution < -0.4 is 11.1 Å². The van der Waals surface area contributed by atoms with E-state index in [0.717, 1.165) is 0 Å². The maximum absolute atomic E-state index is 14.0. The number of rotatable bonds is 5. The smallest absolute Gasteiger partial charge is 0.267 e. The number of anilines is 1. The fraction of sp³-hybridized carbons (Fsp3) is 0.417. The van der Waals surface area contributed by atoms with E-state index in [2.05, 4.69) is 15.5 Å². The lowest BCUT2D eigenvalue weighted by molar-refractivity contribution is 0.0991. The van der Waals surface area contributed by atoms with Gasteiger partial charge in [-0.25, -0.2) is 4.68 Å². The maximum atomic E-state index is 14.0. The zero-order valence-corrected chi connectivity index (χ0v) is 11.6. The van der Waals surface area contributed by atoms with Crippen molar-refractivity contribution in [2.24, 2.45) is 12.8 Å². The maximum Gasteiger partial charge on any atom is 0.267 e. The van der Waals surface area contributed by atoms with Crippen molar-refractivity contribution in [3.63, 3.8) is 0 Å². The number of aromatic nitrogens is 4. The predicted molar refractivity (Wildman–Crippen MR) is 71.6 cm³/mol. The van der Waals surface area contributed by atoms with Crippen LogP contribution in [0.5, 0.6) is 0 Å². The van der Waals surface area contributed by atoms with Crippen LogP contribution in [0.3, 0.4) is 0 Å². The molecule has 3 N–H and O–H groups in total. The molecule has 0 fully saturated rings. The van der Waals surface area contributed by atoms with Gasteiger partial charge in [0.15, 0.2) is 0 Å². The second-order valence-electron chi connectivity index (χ2n) is 4.43. The molecule has 20 heavy (non-hydrogen) atoms. The minimum atomic E-state index is -0.561. The third-order valence-electron chi connectivity index (χ3n) is 3.06. The highest BCUT2D eigenvalue weighted by molar-refractivity contribution is 5.91. The van der Waals surface area contributed by atoms with E-state index < -0.39 is 5.91 Å². The van der Waals surface area contributed by atoms with Gasteiger partial charge in [-0.2, -0.15) is 14.6 Å². The number of hydrogen-bond donors (Lipinski definition) is 2. The molecular weight excluding hydrogens is 263 g/mol. The molecule has 8 heteroatoms. The Morgan fingerprint density at radius 1 is 1.50 bits per heavy atom. The summed E-state index contributed by atoms with van der Waals surface area (Å²) in [5.41, 5.74) is 6.60. The molecule has 0 aliphatic heterocycles. The lowest BCUT2D eigenvalue weighted by atomic mass is 10.2. The predicted octanol–water partition coefficient (Wildman–Crippen LogP) is 0.795. The van der Waals surface area contributed by atoms with Crippen LogP contribution in [0.1, 0.15) is 28.7 Å². The first kappa shape index (κ1) is 14.0. The molecule has 0 saturated heterocycles. The highest BCUT2D eigenvalue weighted by Crippen LogP contribution is 2.15. The summed E-state index contributed by atoms with van der Waals surface area (Å²) in [6, 6.07) is 1.53. The third kappa shape index (κ3) is 2.49. The van der Waals surface area contributed by atoms with E-state index in [1.807, 2.05) is 6.92 Å². The van der Waals surface area contributed by atoms with Crippen LogP contribution in [0.4, 0.5) is 10.2 Å². The third-order valence-corrected chi connectivity index (χ3v) is 3.06. The molecule has 0 bridgehead atoms. The summed E-state index contributed by atoms with van der Waals surface area (Å²) < 4.78 is 16.7. The van der Waals surface area contributed by atoms with Crippen LogP contribution in [0.25, 0.3) is 0 Å². The summed E-state index contributed by atoms with van der Waals surface area (Å²) in [4.78, 5) is 11.1. The highest BCUT2D eigenvalue weighted by Gasteiger charge is 2.15. The quantitative estimate of drug-likeness (QED) is 0.847. The van der Waals surface area contributed by atoms with Crippen molar-refractivity contribution in [2.45, 2.75) is 26.9 Å². The van der Waals surface area contributed by atoms with Gasteiger partial charge in [-0.3, -0.25) is 9.48 Å². The van der Waals surface area contributed by atoms with Crippen molar-refractivity contribution in [3.05, 3.63) is 29.0 Å². The van der Waals surface area contributed by atoms with Crippen molar-refractivity contribution in [1.82, 2.24) is 19.6 Å². The first-order valence-electron chi connectivity index (χ1n) is 6.23. The van der Waals surface area contributed by atoms with E-state index in [0.29, 0.717) is 23.6 Å². The number of carbonyl (C=O) groups excluding carboxylic acids is 1. The van der Waals surface area contributed by atoms with Gasteiger partial charge < -0.3 is 11.1 Å². The van der Waals surface area contributed by atoms with Crippen LogP contribution in [0.2, 0.25) is 0 Å².